The van der Waals surface area contributed by atoms with E-state index in [1.54, 1.807) is 0 Å². The molecular formula is C18H28N2O3. The van der Waals surface area contributed by atoms with Crippen LogP contribution in [0.15, 0.2) is 24.3 Å². The van der Waals surface area contributed by atoms with Gasteiger partial charge in [-0.2, -0.15) is 0 Å². The minimum Gasteiger partial charge on any atom is -0.491 e. The number of carboxylic acids is 1. The summed E-state index contributed by atoms with van der Waals surface area (Å²) in [4.78, 5) is 15.2. The van der Waals surface area contributed by atoms with Crippen LogP contribution in [0.5, 0.6) is 5.75 Å². The van der Waals surface area contributed by atoms with Gasteiger partial charge in [-0.25, -0.2) is 0 Å². The molecule has 23 heavy (non-hydrogen) atoms. The molecule has 0 spiro atoms. The van der Waals surface area contributed by atoms with Gasteiger partial charge in [-0.05, 0) is 52.9 Å². The van der Waals surface area contributed by atoms with Crippen LogP contribution in [0, 0.1) is 0 Å². The normalized spacial score (nSPS) is 16.9. The number of rotatable bonds is 7. The van der Waals surface area contributed by atoms with Gasteiger partial charge in [-0.3, -0.25) is 14.6 Å². The highest BCUT2D eigenvalue weighted by Crippen LogP contribution is 2.23. The van der Waals surface area contributed by atoms with Gasteiger partial charge in [0, 0.05) is 18.2 Å². The van der Waals surface area contributed by atoms with Gasteiger partial charge in [0.25, 0.3) is 0 Å². The second-order valence-corrected chi connectivity index (χ2v) is 6.59. The molecule has 0 saturated carbocycles. The molecule has 1 aromatic carbocycles. The molecule has 128 valence electrons. The second kappa shape index (κ2) is 8.31. The van der Waals surface area contributed by atoms with Gasteiger partial charge in [0.05, 0.1) is 12.6 Å². The lowest BCUT2D eigenvalue weighted by Gasteiger charge is -2.36. The molecule has 0 bridgehead atoms. The van der Waals surface area contributed by atoms with Gasteiger partial charge in [0.15, 0.2) is 0 Å². The Bertz CT molecular complexity index is 511. The zero-order valence-electron chi connectivity index (χ0n) is 14.4. The molecule has 5 heteroatoms. The predicted molar refractivity (Wildman–Crippen MR) is 90.8 cm³/mol. The number of hydrogen-bond donors (Lipinski definition) is 1. The van der Waals surface area contributed by atoms with Crippen LogP contribution in [0.1, 0.15) is 32.3 Å². The van der Waals surface area contributed by atoms with Gasteiger partial charge in [0.1, 0.15) is 5.75 Å². The average Bonchev–Trinajstić information content (AvgIpc) is 2.49. The standard InChI is InChI=1S/C18H28N2O3/c1-14(2)23-17-7-5-4-6-15(17)12-20-10-8-16(9-11-20)19(3)13-18(21)22/h4-7,14,16H,8-13H2,1-3H3,(H,21,22). The lowest BCUT2D eigenvalue weighted by Crippen LogP contribution is -2.44. The monoisotopic (exact) mass is 320 g/mol. The zero-order chi connectivity index (χ0) is 16.8. The lowest BCUT2D eigenvalue weighted by atomic mass is 10.0. The summed E-state index contributed by atoms with van der Waals surface area (Å²) in [5.41, 5.74) is 1.22. The molecule has 0 radical (unpaired) electrons. The Labute approximate surface area is 138 Å². The van der Waals surface area contributed by atoms with E-state index in [9.17, 15) is 4.79 Å². The van der Waals surface area contributed by atoms with E-state index < -0.39 is 5.97 Å². The number of carbonyl (C=O) groups is 1. The molecule has 1 N–H and O–H groups in total. The fourth-order valence-corrected chi connectivity index (χ4v) is 3.10. The van der Waals surface area contributed by atoms with Crippen molar-refractivity contribution in [3.05, 3.63) is 29.8 Å². The predicted octanol–water partition coefficient (Wildman–Crippen LogP) is 2.45. The smallest absolute Gasteiger partial charge is 0.317 e. The first-order chi connectivity index (χ1) is 11.0. The third-order valence-electron chi connectivity index (χ3n) is 4.29. The third kappa shape index (κ3) is 5.52. The number of nitrogens with zero attached hydrogens (tertiary/aromatic N) is 2. The Hall–Kier alpha value is -1.59. The summed E-state index contributed by atoms with van der Waals surface area (Å²) in [5, 5.41) is 8.90. The van der Waals surface area contributed by atoms with Crippen LogP contribution in [0.4, 0.5) is 0 Å². The van der Waals surface area contributed by atoms with E-state index in [0.717, 1.165) is 38.2 Å². The largest absolute Gasteiger partial charge is 0.491 e. The fourth-order valence-electron chi connectivity index (χ4n) is 3.10. The molecule has 1 saturated heterocycles. The molecule has 1 aliphatic rings. The van der Waals surface area contributed by atoms with Crippen LogP contribution in [0.2, 0.25) is 0 Å². The first kappa shape index (κ1) is 17.8. The van der Waals surface area contributed by atoms with Crippen molar-refractivity contribution in [1.29, 1.82) is 0 Å². The molecule has 0 aliphatic carbocycles. The van der Waals surface area contributed by atoms with E-state index in [-0.39, 0.29) is 12.6 Å². The van der Waals surface area contributed by atoms with Crippen molar-refractivity contribution in [2.45, 2.75) is 45.4 Å². The first-order valence-electron chi connectivity index (χ1n) is 8.34. The number of hydrogen-bond acceptors (Lipinski definition) is 4. The number of ether oxygens (including phenoxy) is 1. The van der Waals surface area contributed by atoms with Crippen LogP contribution in [0.25, 0.3) is 0 Å². The summed E-state index contributed by atoms with van der Waals surface area (Å²) in [7, 11) is 1.90. The maximum atomic E-state index is 10.8. The zero-order valence-corrected chi connectivity index (χ0v) is 14.4. The van der Waals surface area contributed by atoms with Crippen LogP contribution >= 0.6 is 0 Å². The van der Waals surface area contributed by atoms with Gasteiger partial charge in [-0.1, -0.05) is 18.2 Å². The second-order valence-electron chi connectivity index (χ2n) is 6.59. The van der Waals surface area contributed by atoms with Crippen LogP contribution in [0.3, 0.4) is 0 Å². The molecule has 1 heterocycles. The number of para-hydroxylation sites is 1. The van der Waals surface area contributed by atoms with E-state index in [1.807, 2.05) is 37.9 Å². The van der Waals surface area contributed by atoms with Gasteiger partial charge < -0.3 is 9.84 Å². The van der Waals surface area contributed by atoms with Crippen LogP contribution in [-0.4, -0.2) is 59.7 Å². The highest BCUT2D eigenvalue weighted by atomic mass is 16.5. The maximum Gasteiger partial charge on any atom is 0.317 e. The Balaban J connectivity index is 1.88. The van der Waals surface area contributed by atoms with E-state index >= 15 is 0 Å². The van der Waals surface area contributed by atoms with E-state index in [1.165, 1.54) is 5.56 Å². The Morgan fingerprint density at radius 3 is 2.61 bits per heavy atom. The summed E-state index contributed by atoms with van der Waals surface area (Å²) in [6.45, 7) is 7.07. The summed E-state index contributed by atoms with van der Waals surface area (Å²) in [6, 6.07) is 8.58. The van der Waals surface area contributed by atoms with Crippen LogP contribution < -0.4 is 4.74 Å². The quantitative estimate of drug-likeness (QED) is 0.836. The van der Waals surface area contributed by atoms with Gasteiger partial charge in [0.2, 0.25) is 0 Å². The molecule has 1 aliphatic heterocycles. The van der Waals surface area contributed by atoms with E-state index in [2.05, 4.69) is 17.0 Å². The Kier molecular flexibility index (Phi) is 6.42. The average molecular weight is 320 g/mol. The minimum atomic E-state index is -0.755. The molecular weight excluding hydrogens is 292 g/mol. The SMILES string of the molecule is CC(C)Oc1ccccc1CN1CCC(N(C)CC(=O)O)CC1. The molecule has 0 aromatic heterocycles. The molecule has 0 unspecified atom stereocenters. The van der Waals surface area contributed by atoms with Crippen molar-refractivity contribution >= 4 is 5.97 Å². The van der Waals surface area contributed by atoms with Crippen molar-refractivity contribution in [1.82, 2.24) is 9.80 Å². The number of aliphatic carboxylic acids is 1. The van der Waals surface area contributed by atoms with E-state index in [4.69, 9.17) is 9.84 Å². The van der Waals surface area contributed by atoms with Crippen molar-refractivity contribution in [2.24, 2.45) is 0 Å². The molecule has 1 aromatic rings. The lowest BCUT2D eigenvalue weighted by molar-refractivity contribution is -0.138. The first-order valence-corrected chi connectivity index (χ1v) is 8.34. The molecule has 5 nitrogen and oxygen atoms in total. The topological polar surface area (TPSA) is 53.0 Å². The Morgan fingerprint density at radius 1 is 1.35 bits per heavy atom. The van der Waals surface area contributed by atoms with Crippen LogP contribution in [-0.2, 0) is 11.3 Å². The number of piperidine rings is 1. The number of likely N-dealkylation sites (N-methyl/N-ethyl adjacent to an activating group) is 1. The van der Waals surface area contributed by atoms with Gasteiger partial charge >= 0.3 is 5.97 Å². The molecule has 0 atom stereocenters. The third-order valence-corrected chi connectivity index (χ3v) is 4.29. The number of likely N-dealkylation sites (tertiary alicyclic amines) is 1. The van der Waals surface area contributed by atoms with E-state index in [0.29, 0.717) is 6.04 Å². The van der Waals surface area contributed by atoms with Gasteiger partial charge in [-0.15, -0.1) is 0 Å². The summed E-state index contributed by atoms with van der Waals surface area (Å²) >= 11 is 0. The maximum absolute atomic E-state index is 10.8. The highest BCUT2D eigenvalue weighted by molar-refractivity contribution is 5.69. The molecule has 0 amide bonds. The molecule has 1 fully saturated rings. The Morgan fingerprint density at radius 2 is 2.00 bits per heavy atom. The molecule has 2 rings (SSSR count). The fraction of sp³-hybridized carbons (Fsp3) is 0.611. The minimum absolute atomic E-state index is 0.121. The number of carboxylic acid groups (broad SMARTS) is 1. The van der Waals surface area contributed by atoms with Crippen molar-refractivity contribution < 1.29 is 14.6 Å². The highest BCUT2D eigenvalue weighted by Gasteiger charge is 2.24. The number of benzene rings is 1. The summed E-state index contributed by atoms with van der Waals surface area (Å²) in [6.07, 6.45) is 2.19. The van der Waals surface area contributed by atoms with Crippen molar-refractivity contribution in [2.75, 3.05) is 26.7 Å². The summed E-state index contributed by atoms with van der Waals surface area (Å²) < 4.78 is 5.89. The van der Waals surface area contributed by atoms with Crippen molar-refractivity contribution in [3.8, 4) is 5.75 Å². The summed E-state index contributed by atoms with van der Waals surface area (Å²) in [5.74, 6) is 0.210. The van der Waals surface area contributed by atoms with Crippen molar-refractivity contribution in [3.63, 3.8) is 0 Å².